The Hall–Kier alpha value is 0.980. The van der Waals surface area contributed by atoms with Crippen LogP contribution in [0.25, 0.3) is 0 Å². The van der Waals surface area contributed by atoms with E-state index in [-0.39, 0.29) is 0 Å². The summed E-state index contributed by atoms with van der Waals surface area (Å²) >= 11 is 1.62. The minimum Gasteiger partial charge on any atom is -0.333 e. The fourth-order valence-corrected chi connectivity index (χ4v) is 0. The first-order valence-corrected chi connectivity index (χ1v) is 3.45. The average Bonchev–Trinajstić information content (AvgIpc) is 1.50. The molecule has 0 unspecified atom stereocenters. The van der Waals surface area contributed by atoms with Crippen LogP contribution in [-0.4, -0.2) is 7.05 Å². The molecule has 0 saturated carbocycles. The van der Waals surface area contributed by atoms with Gasteiger partial charge in [-0.3, -0.25) is 0 Å². The zero-order valence-corrected chi connectivity index (χ0v) is 5.25. The molecule has 0 heterocycles. The number of rotatable bonds is 0. The smallest absolute Gasteiger partial charge is 0.0425 e. The van der Waals surface area contributed by atoms with Crippen molar-refractivity contribution in [2.75, 3.05) is 7.05 Å². The van der Waals surface area contributed by atoms with E-state index in [0.717, 1.165) is 0 Å². The van der Waals surface area contributed by atoms with E-state index >= 15 is 0 Å². The van der Waals surface area contributed by atoms with E-state index < -0.39 is 0 Å². The summed E-state index contributed by atoms with van der Waals surface area (Å²) < 4.78 is 0. The third kappa shape index (κ3) is 12.2. The Bertz CT molecular complexity index is 8.00. The monoisotopic (exact) mass is 193 g/mol. The van der Waals surface area contributed by atoms with Gasteiger partial charge in [-0.15, -0.1) is 0 Å². The molecule has 0 aromatic rings. The highest BCUT2D eigenvalue weighted by Gasteiger charge is 1.00. The highest BCUT2D eigenvalue weighted by Crippen LogP contribution is 1.79. The molecular weight excluding hydrogens is 188 g/mol. The van der Waals surface area contributed by atoms with Crippen LogP contribution >= 0.6 is 30.4 Å². The molecule has 28 valence electrons. The van der Waals surface area contributed by atoms with Gasteiger partial charge in [0.25, 0.3) is 0 Å². The van der Waals surface area contributed by atoms with Crippen LogP contribution in [-0.2, 0) is 0 Å². The molecule has 0 aliphatic heterocycles. The van der Waals surface area contributed by atoms with Gasteiger partial charge >= 0.3 is 0 Å². The Kier molecular flexibility index (Phi) is 81.7. The second-order valence-corrected chi connectivity index (χ2v) is 0. The molecule has 0 rings (SSSR count). The number of hydrogen-bond acceptors (Lipinski definition) is 1. The first kappa shape index (κ1) is 8.88. The number of nitrogens with two attached hydrogens (primary N) is 1. The first-order valence-electron chi connectivity index (χ1n) is 0.720. The summed E-state index contributed by atoms with van der Waals surface area (Å²) in [7, 11) is 6.11. The normalized spacial score (nSPS) is 3.00. The zero-order valence-electron chi connectivity index (χ0n) is 2.33. The summed E-state index contributed by atoms with van der Waals surface area (Å²) in [4.78, 5) is 0. The summed E-state index contributed by atoms with van der Waals surface area (Å²) in [6.45, 7) is 0. The highest BCUT2D eigenvalue weighted by molar-refractivity contribution is 14.1. The van der Waals surface area contributed by atoms with Crippen LogP contribution in [0.2, 0.25) is 0 Å². The lowest BCUT2D eigenvalue weighted by atomic mass is 11.6. The third-order valence-corrected chi connectivity index (χ3v) is 0. The molecule has 1 nitrogen and oxygen atoms in total. The van der Waals surface area contributed by atoms with Gasteiger partial charge in [0, 0.05) is 21.5 Å². The van der Waals surface area contributed by atoms with Crippen molar-refractivity contribution in [1.29, 1.82) is 0 Å². The van der Waals surface area contributed by atoms with E-state index in [4.69, 9.17) is 0 Å². The Labute approximate surface area is 43.4 Å². The van der Waals surface area contributed by atoms with E-state index in [2.05, 4.69) is 14.6 Å². The maximum atomic E-state index is 4.61. The van der Waals surface area contributed by atoms with Crippen LogP contribution in [0.3, 0.4) is 0 Å². The highest BCUT2D eigenvalue weighted by atomic mass is 127. The Morgan fingerprint density at radius 3 is 1.50 bits per heavy atom. The van der Waals surface area contributed by atoms with Crippen molar-refractivity contribution in [1.82, 2.24) is 0 Å². The number of hydrogen-bond donors (Lipinski definition) is 1. The Morgan fingerprint density at radius 1 is 1.50 bits per heavy atom. The SMILES string of the molecule is CN.ClI. The molecule has 0 amide bonds. The number of halogens is 2. The molecule has 0 spiro atoms. The molecule has 3 heteroatoms. The van der Waals surface area contributed by atoms with Gasteiger partial charge in [0.15, 0.2) is 0 Å². The quantitative estimate of drug-likeness (QED) is 0.574. The minimum atomic E-state index is 1.50. The topological polar surface area (TPSA) is 26.0 Å². The van der Waals surface area contributed by atoms with Crippen molar-refractivity contribution in [3.05, 3.63) is 0 Å². The van der Waals surface area contributed by atoms with Crippen molar-refractivity contribution < 1.29 is 0 Å². The summed E-state index contributed by atoms with van der Waals surface area (Å²) in [6.07, 6.45) is 0. The van der Waals surface area contributed by atoms with E-state index in [1.165, 1.54) is 7.05 Å². The van der Waals surface area contributed by atoms with Gasteiger partial charge in [0.1, 0.15) is 0 Å². The molecule has 0 bridgehead atoms. The molecule has 0 aromatic carbocycles. The van der Waals surface area contributed by atoms with Crippen molar-refractivity contribution in [3.63, 3.8) is 0 Å². The predicted molar refractivity (Wildman–Crippen MR) is 30.0 cm³/mol. The Balaban J connectivity index is 0. The molecular formula is CH5ClIN. The van der Waals surface area contributed by atoms with Crippen molar-refractivity contribution in [3.8, 4) is 0 Å². The van der Waals surface area contributed by atoms with E-state index in [1.807, 2.05) is 0 Å². The predicted octanol–water partition coefficient (Wildman–Crippen LogP) is 1.15. The largest absolute Gasteiger partial charge is 0.333 e. The lowest BCUT2D eigenvalue weighted by molar-refractivity contribution is 1.48. The third-order valence-electron chi connectivity index (χ3n) is 0. The summed E-state index contributed by atoms with van der Waals surface area (Å²) in [5.74, 6) is 0. The van der Waals surface area contributed by atoms with Gasteiger partial charge in [-0.05, 0) is 16.0 Å². The van der Waals surface area contributed by atoms with Gasteiger partial charge < -0.3 is 5.73 Å². The van der Waals surface area contributed by atoms with Gasteiger partial charge in [0.2, 0.25) is 0 Å². The average molecular weight is 193 g/mol. The summed E-state index contributed by atoms with van der Waals surface area (Å²) in [5, 5.41) is 0. The molecule has 0 aromatic heterocycles. The first-order chi connectivity index (χ1) is 2.00. The van der Waals surface area contributed by atoms with Crippen molar-refractivity contribution in [2.24, 2.45) is 5.73 Å². The lowest BCUT2D eigenvalue weighted by Crippen LogP contribution is -1.69. The van der Waals surface area contributed by atoms with Crippen LogP contribution in [0, 0.1) is 0 Å². The van der Waals surface area contributed by atoms with Crippen molar-refractivity contribution in [2.45, 2.75) is 0 Å². The second kappa shape index (κ2) is 36.8. The van der Waals surface area contributed by atoms with Gasteiger partial charge in [0.05, 0.1) is 0 Å². The van der Waals surface area contributed by atoms with Crippen LogP contribution in [0.15, 0.2) is 0 Å². The fourth-order valence-electron chi connectivity index (χ4n) is 0. The van der Waals surface area contributed by atoms with E-state index in [1.54, 1.807) is 21.5 Å². The van der Waals surface area contributed by atoms with Crippen molar-refractivity contribution >= 4 is 30.4 Å². The van der Waals surface area contributed by atoms with Crippen LogP contribution < -0.4 is 5.73 Å². The minimum absolute atomic E-state index is 1.50. The van der Waals surface area contributed by atoms with Gasteiger partial charge in [-0.1, -0.05) is 0 Å². The summed E-state index contributed by atoms with van der Waals surface area (Å²) in [6, 6.07) is 0. The van der Waals surface area contributed by atoms with E-state index in [9.17, 15) is 0 Å². The Morgan fingerprint density at radius 2 is 1.50 bits per heavy atom. The lowest BCUT2D eigenvalue weighted by Gasteiger charge is -1.19. The molecule has 2 N–H and O–H groups in total. The molecule has 0 aliphatic carbocycles. The zero-order chi connectivity index (χ0) is 4.00. The van der Waals surface area contributed by atoms with Crippen LogP contribution in [0.4, 0.5) is 0 Å². The standard InChI is InChI=1S/CH5N.ClI/c2*1-2/h2H2,1H3;. The maximum absolute atomic E-state index is 4.61. The van der Waals surface area contributed by atoms with Crippen LogP contribution in [0.1, 0.15) is 0 Å². The summed E-state index contributed by atoms with van der Waals surface area (Å²) in [5.41, 5.74) is 4.50. The molecule has 4 heavy (non-hydrogen) atoms. The molecule has 0 radical (unpaired) electrons. The maximum Gasteiger partial charge on any atom is 0.0425 e. The molecule has 0 atom stereocenters. The molecule has 0 fully saturated rings. The molecule has 0 aliphatic rings. The van der Waals surface area contributed by atoms with Gasteiger partial charge in [-0.2, -0.15) is 0 Å². The molecule has 0 saturated heterocycles. The van der Waals surface area contributed by atoms with Crippen LogP contribution in [0.5, 0.6) is 0 Å². The second-order valence-electron chi connectivity index (χ2n) is 0. The van der Waals surface area contributed by atoms with Gasteiger partial charge in [-0.25, -0.2) is 0 Å². The van der Waals surface area contributed by atoms with E-state index in [0.29, 0.717) is 0 Å². The fraction of sp³-hybridized carbons (Fsp3) is 1.00.